The molecule has 1 aliphatic heterocycles. The van der Waals surface area contributed by atoms with E-state index in [1.54, 1.807) is 0 Å². The lowest BCUT2D eigenvalue weighted by Gasteiger charge is -2.10. The number of carbonyl (C=O) groups is 1. The van der Waals surface area contributed by atoms with Crippen LogP contribution in [0.2, 0.25) is 0 Å². The first-order valence-corrected chi connectivity index (χ1v) is 4.90. The molecule has 0 spiro atoms. The van der Waals surface area contributed by atoms with Gasteiger partial charge in [0.2, 0.25) is 0 Å². The number of nitrogens with two attached hydrogens (primary N) is 1. The highest BCUT2D eigenvalue weighted by Gasteiger charge is 2.16. The fourth-order valence-corrected chi connectivity index (χ4v) is 1.74. The standard InChI is InChI=1S/C11H13NO3/c12-9(6-11(13)14)7-1-2-10-8(5-7)3-4-15-10/h1-2,5,9H,3-4,6,12H2,(H,13,14)/t9-/m1/s1. The molecule has 2 rings (SSSR count). The Morgan fingerprint density at radius 2 is 2.40 bits per heavy atom. The molecule has 0 saturated carbocycles. The summed E-state index contributed by atoms with van der Waals surface area (Å²) in [7, 11) is 0. The van der Waals surface area contributed by atoms with Gasteiger partial charge in [0.1, 0.15) is 5.75 Å². The van der Waals surface area contributed by atoms with Crippen molar-refractivity contribution in [3.05, 3.63) is 29.3 Å². The van der Waals surface area contributed by atoms with Crippen molar-refractivity contribution in [1.82, 2.24) is 0 Å². The Kier molecular flexibility index (Phi) is 2.60. The molecular weight excluding hydrogens is 194 g/mol. The molecule has 3 N–H and O–H groups in total. The van der Waals surface area contributed by atoms with Crippen molar-refractivity contribution in [2.45, 2.75) is 18.9 Å². The smallest absolute Gasteiger partial charge is 0.305 e. The van der Waals surface area contributed by atoms with Crippen LogP contribution in [0.4, 0.5) is 0 Å². The Balaban J connectivity index is 2.19. The molecule has 0 fully saturated rings. The Hall–Kier alpha value is -1.55. The average molecular weight is 207 g/mol. The number of carboxylic acid groups (broad SMARTS) is 1. The van der Waals surface area contributed by atoms with Crippen LogP contribution in [-0.2, 0) is 11.2 Å². The highest BCUT2D eigenvalue weighted by Crippen LogP contribution is 2.28. The van der Waals surface area contributed by atoms with Gasteiger partial charge >= 0.3 is 5.97 Å². The minimum absolute atomic E-state index is 0.0420. The second-order valence-corrected chi connectivity index (χ2v) is 3.67. The molecule has 0 aliphatic carbocycles. The van der Waals surface area contributed by atoms with E-state index in [9.17, 15) is 4.79 Å². The van der Waals surface area contributed by atoms with Crippen molar-refractivity contribution in [2.75, 3.05) is 6.61 Å². The molecule has 1 aromatic carbocycles. The van der Waals surface area contributed by atoms with Crippen molar-refractivity contribution < 1.29 is 14.6 Å². The van der Waals surface area contributed by atoms with Crippen LogP contribution in [0.15, 0.2) is 18.2 Å². The van der Waals surface area contributed by atoms with Crippen molar-refractivity contribution in [1.29, 1.82) is 0 Å². The van der Waals surface area contributed by atoms with Gasteiger partial charge in [-0.3, -0.25) is 4.79 Å². The second-order valence-electron chi connectivity index (χ2n) is 3.67. The number of hydrogen-bond donors (Lipinski definition) is 2. The maximum Gasteiger partial charge on any atom is 0.305 e. The predicted molar refractivity (Wildman–Crippen MR) is 54.8 cm³/mol. The molecule has 0 unspecified atom stereocenters. The predicted octanol–water partition coefficient (Wildman–Crippen LogP) is 1.10. The first kappa shape index (κ1) is 9.98. The summed E-state index contributed by atoms with van der Waals surface area (Å²) in [6.07, 6.45) is 0.836. The van der Waals surface area contributed by atoms with Gasteiger partial charge in [0.05, 0.1) is 13.0 Å². The minimum atomic E-state index is -0.876. The summed E-state index contributed by atoms with van der Waals surface area (Å²) in [6, 6.07) is 5.20. The number of fused-ring (bicyclic) bond motifs is 1. The van der Waals surface area contributed by atoms with Crippen LogP contribution in [0.3, 0.4) is 0 Å². The highest BCUT2D eigenvalue weighted by molar-refractivity contribution is 5.68. The van der Waals surface area contributed by atoms with Gasteiger partial charge < -0.3 is 15.6 Å². The molecule has 15 heavy (non-hydrogen) atoms. The number of rotatable bonds is 3. The fourth-order valence-electron chi connectivity index (χ4n) is 1.74. The summed E-state index contributed by atoms with van der Waals surface area (Å²) < 4.78 is 5.36. The van der Waals surface area contributed by atoms with E-state index >= 15 is 0 Å². The third kappa shape index (κ3) is 2.10. The Morgan fingerprint density at radius 3 is 3.13 bits per heavy atom. The van der Waals surface area contributed by atoms with E-state index in [0.29, 0.717) is 6.61 Å². The first-order valence-electron chi connectivity index (χ1n) is 4.90. The second kappa shape index (κ2) is 3.90. The maximum absolute atomic E-state index is 10.5. The van der Waals surface area contributed by atoms with Crippen LogP contribution >= 0.6 is 0 Å². The lowest BCUT2D eigenvalue weighted by molar-refractivity contribution is -0.137. The summed E-state index contributed by atoms with van der Waals surface area (Å²) in [5, 5.41) is 8.63. The van der Waals surface area contributed by atoms with E-state index in [1.165, 1.54) is 0 Å². The molecule has 4 nitrogen and oxygen atoms in total. The molecule has 0 aromatic heterocycles. The Labute approximate surface area is 87.7 Å². The van der Waals surface area contributed by atoms with Crippen molar-refractivity contribution in [3.8, 4) is 5.75 Å². The quantitative estimate of drug-likeness (QED) is 0.778. The molecule has 0 amide bonds. The zero-order valence-electron chi connectivity index (χ0n) is 8.27. The Morgan fingerprint density at radius 1 is 1.60 bits per heavy atom. The first-order chi connectivity index (χ1) is 7.16. The number of carboxylic acids is 1. The summed E-state index contributed by atoms with van der Waals surface area (Å²) >= 11 is 0. The third-order valence-electron chi connectivity index (χ3n) is 2.54. The van der Waals surface area contributed by atoms with Gasteiger partial charge in [-0.2, -0.15) is 0 Å². The number of benzene rings is 1. The van der Waals surface area contributed by atoms with E-state index in [2.05, 4.69) is 0 Å². The topological polar surface area (TPSA) is 72.6 Å². The molecule has 0 bridgehead atoms. The summed E-state index contributed by atoms with van der Waals surface area (Å²) in [4.78, 5) is 10.5. The highest BCUT2D eigenvalue weighted by atomic mass is 16.5. The van der Waals surface area contributed by atoms with Gasteiger partial charge in [-0.1, -0.05) is 12.1 Å². The van der Waals surface area contributed by atoms with Crippen molar-refractivity contribution in [3.63, 3.8) is 0 Å². The summed E-state index contributed by atoms with van der Waals surface area (Å²) in [5.41, 5.74) is 7.75. The van der Waals surface area contributed by atoms with Crippen LogP contribution in [0, 0.1) is 0 Å². The van der Waals surface area contributed by atoms with Crippen molar-refractivity contribution in [2.24, 2.45) is 5.73 Å². The van der Waals surface area contributed by atoms with E-state index < -0.39 is 12.0 Å². The van der Waals surface area contributed by atoms with E-state index in [1.807, 2.05) is 18.2 Å². The molecule has 1 aliphatic rings. The lowest BCUT2D eigenvalue weighted by atomic mass is 10.0. The molecule has 0 saturated heterocycles. The molecule has 1 atom stereocenters. The van der Waals surface area contributed by atoms with Gasteiger partial charge in [-0.15, -0.1) is 0 Å². The van der Waals surface area contributed by atoms with Gasteiger partial charge in [-0.05, 0) is 17.2 Å². The molecular formula is C11H13NO3. The van der Waals surface area contributed by atoms with Crippen LogP contribution in [-0.4, -0.2) is 17.7 Å². The van der Waals surface area contributed by atoms with Crippen LogP contribution in [0.1, 0.15) is 23.6 Å². The zero-order valence-corrected chi connectivity index (χ0v) is 8.27. The normalized spacial score (nSPS) is 15.5. The lowest BCUT2D eigenvalue weighted by Crippen LogP contribution is -2.15. The molecule has 1 aromatic rings. The number of hydrogen-bond acceptors (Lipinski definition) is 3. The Bertz CT molecular complexity index is 389. The zero-order chi connectivity index (χ0) is 10.8. The fraction of sp³-hybridized carbons (Fsp3) is 0.364. The van der Waals surface area contributed by atoms with Crippen LogP contribution in [0.5, 0.6) is 5.75 Å². The van der Waals surface area contributed by atoms with Crippen LogP contribution < -0.4 is 10.5 Å². The average Bonchev–Trinajstić information content (AvgIpc) is 2.62. The van der Waals surface area contributed by atoms with Gasteiger partial charge in [0, 0.05) is 12.5 Å². The van der Waals surface area contributed by atoms with Gasteiger partial charge in [0.25, 0.3) is 0 Å². The summed E-state index contributed by atoms with van der Waals surface area (Å²) in [6.45, 7) is 0.701. The largest absolute Gasteiger partial charge is 0.493 e. The minimum Gasteiger partial charge on any atom is -0.493 e. The van der Waals surface area contributed by atoms with E-state index in [4.69, 9.17) is 15.6 Å². The maximum atomic E-state index is 10.5. The summed E-state index contributed by atoms with van der Waals surface area (Å²) in [5.74, 6) is 0.0144. The van der Waals surface area contributed by atoms with E-state index in [-0.39, 0.29) is 6.42 Å². The van der Waals surface area contributed by atoms with Gasteiger partial charge in [-0.25, -0.2) is 0 Å². The third-order valence-corrected chi connectivity index (χ3v) is 2.54. The van der Waals surface area contributed by atoms with E-state index in [0.717, 1.165) is 23.3 Å². The van der Waals surface area contributed by atoms with Gasteiger partial charge in [0.15, 0.2) is 0 Å². The molecule has 0 radical (unpaired) electrons. The molecule has 4 heteroatoms. The SMILES string of the molecule is N[C@H](CC(=O)O)c1ccc2c(c1)CCO2. The molecule has 80 valence electrons. The molecule has 1 heterocycles. The monoisotopic (exact) mass is 207 g/mol. The van der Waals surface area contributed by atoms with Crippen molar-refractivity contribution >= 4 is 5.97 Å². The number of aliphatic carboxylic acids is 1. The van der Waals surface area contributed by atoms with Crippen LogP contribution in [0.25, 0.3) is 0 Å². The number of ether oxygens (including phenoxy) is 1.